The molecule has 0 aliphatic carbocycles. The summed E-state index contributed by atoms with van der Waals surface area (Å²) in [4.78, 5) is 0. The maximum Gasteiger partial charge on any atom is 0.633 e. The van der Waals surface area contributed by atoms with Crippen molar-refractivity contribution >= 4 is 7.32 Å². The molecule has 1 aliphatic heterocycles. The summed E-state index contributed by atoms with van der Waals surface area (Å²) in [5.74, 6) is 0. The fourth-order valence-corrected chi connectivity index (χ4v) is 0.920. The molecule has 0 saturated carbocycles. The first-order chi connectivity index (χ1) is 5.29. The van der Waals surface area contributed by atoms with Crippen molar-refractivity contribution < 1.29 is 19.4 Å². The lowest BCUT2D eigenvalue weighted by Crippen LogP contribution is -2.42. The summed E-state index contributed by atoms with van der Waals surface area (Å²) in [6.07, 6.45) is -0.0643. The zero-order chi connectivity index (χ0) is 8.10. The summed E-state index contributed by atoms with van der Waals surface area (Å²) in [5.41, 5.74) is 0. The predicted molar refractivity (Wildman–Crippen MR) is 38.8 cm³/mol. The van der Waals surface area contributed by atoms with Crippen LogP contribution in [0.4, 0.5) is 0 Å². The molecule has 0 spiro atoms. The Morgan fingerprint density at radius 1 is 1.64 bits per heavy atom. The van der Waals surface area contributed by atoms with Gasteiger partial charge >= 0.3 is 7.32 Å². The lowest BCUT2D eigenvalue weighted by atomic mass is 10.2. The number of morpholine rings is 1. The number of rotatable bonds is 3. The van der Waals surface area contributed by atoms with Crippen molar-refractivity contribution in [1.82, 2.24) is 5.32 Å². The van der Waals surface area contributed by atoms with Crippen molar-refractivity contribution in [1.29, 1.82) is 0 Å². The van der Waals surface area contributed by atoms with Gasteiger partial charge in [-0.1, -0.05) is 0 Å². The number of hydrogen-bond acceptors (Lipinski definition) is 5. The summed E-state index contributed by atoms with van der Waals surface area (Å²) in [7, 11) is -1.69. The average molecular weight is 161 g/mol. The molecule has 0 amide bonds. The van der Waals surface area contributed by atoms with Crippen molar-refractivity contribution in [3.8, 4) is 0 Å². The van der Waals surface area contributed by atoms with Gasteiger partial charge in [-0.05, 0) is 0 Å². The largest absolute Gasteiger partial charge is 0.633 e. The van der Waals surface area contributed by atoms with Crippen molar-refractivity contribution in [3.05, 3.63) is 0 Å². The van der Waals surface area contributed by atoms with E-state index in [9.17, 15) is 0 Å². The molecule has 1 heterocycles. The van der Waals surface area contributed by atoms with Crippen molar-refractivity contribution in [2.45, 2.75) is 6.10 Å². The number of hydrogen-bond donors (Lipinski definition) is 3. The van der Waals surface area contributed by atoms with Gasteiger partial charge < -0.3 is 24.8 Å². The Labute approximate surface area is 65.5 Å². The molecular weight excluding hydrogens is 149 g/mol. The quantitative estimate of drug-likeness (QED) is 0.416. The predicted octanol–water partition coefficient (Wildman–Crippen LogP) is -2.04. The van der Waals surface area contributed by atoms with Crippen LogP contribution in [0.2, 0.25) is 0 Å². The van der Waals surface area contributed by atoms with Crippen LogP contribution in [0, 0.1) is 0 Å². The monoisotopic (exact) mass is 161 g/mol. The molecule has 1 saturated heterocycles. The van der Waals surface area contributed by atoms with Crippen molar-refractivity contribution in [3.63, 3.8) is 0 Å². The minimum Gasteiger partial charge on any atom is -0.402 e. The van der Waals surface area contributed by atoms with E-state index in [4.69, 9.17) is 14.8 Å². The van der Waals surface area contributed by atoms with Crippen LogP contribution in [0.1, 0.15) is 0 Å². The van der Waals surface area contributed by atoms with Crippen LogP contribution in [0.3, 0.4) is 0 Å². The minimum absolute atomic E-state index is 0.0643. The van der Waals surface area contributed by atoms with E-state index in [2.05, 4.69) is 9.97 Å². The number of nitrogens with one attached hydrogen (secondary N) is 1. The first kappa shape index (κ1) is 8.96. The van der Waals surface area contributed by atoms with Gasteiger partial charge in [0, 0.05) is 13.1 Å². The lowest BCUT2D eigenvalue weighted by molar-refractivity contribution is -0.0102. The molecule has 1 aliphatic rings. The molecule has 0 radical (unpaired) electrons. The second-order valence-electron chi connectivity index (χ2n) is 2.36. The summed E-state index contributed by atoms with van der Waals surface area (Å²) < 4.78 is 9.75. The summed E-state index contributed by atoms with van der Waals surface area (Å²) in [5, 5.41) is 19.8. The van der Waals surface area contributed by atoms with Gasteiger partial charge in [0.1, 0.15) is 0 Å². The van der Waals surface area contributed by atoms with Crippen LogP contribution in [0.25, 0.3) is 0 Å². The topological polar surface area (TPSA) is 71.0 Å². The molecule has 64 valence electrons. The normalized spacial score (nSPS) is 25.1. The van der Waals surface area contributed by atoms with Crippen LogP contribution in [-0.4, -0.2) is 49.8 Å². The van der Waals surface area contributed by atoms with Gasteiger partial charge in [0.05, 0.1) is 19.3 Å². The van der Waals surface area contributed by atoms with E-state index < -0.39 is 7.32 Å². The second-order valence-corrected chi connectivity index (χ2v) is 2.36. The first-order valence-corrected chi connectivity index (χ1v) is 3.59. The molecule has 11 heavy (non-hydrogen) atoms. The maximum absolute atomic E-state index is 8.34. The van der Waals surface area contributed by atoms with Gasteiger partial charge in [0.25, 0.3) is 0 Å². The summed E-state index contributed by atoms with van der Waals surface area (Å²) in [6.45, 7) is 2.41. The van der Waals surface area contributed by atoms with Gasteiger partial charge in [-0.3, -0.25) is 0 Å². The van der Waals surface area contributed by atoms with Crippen LogP contribution in [0.5, 0.6) is 0 Å². The Morgan fingerprint density at radius 3 is 3.00 bits per heavy atom. The van der Waals surface area contributed by atoms with Crippen molar-refractivity contribution in [2.75, 3.05) is 26.3 Å². The molecule has 3 N–H and O–H groups in total. The Kier molecular flexibility index (Phi) is 3.81. The molecule has 0 aromatic heterocycles. The van der Waals surface area contributed by atoms with E-state index in [-0.39, 0.29) is 12.7 Å². The molecule has 1 rings (SSSR count). The highest BCUT2D eigenvalue weighted by molar-refractivity contribution is 6.32. The lowest BCUT2D eigenvalue weighted by Gasteiger charge is -2.23. The Hall–Kier alpha value is -0.135. The third-order valence-corrected chi connectivity index (χ3v) is 1.44. The zero-order valence-corrected chi connectivity index (χ0v) is 6.19. The fraction of sp³-hybridized carbons (Fsp3) is 1.00. The minimum atomic E-state index is -1.69. The molecule has 6 heteroatoms. The van der Waals surface area contributed by atoms with Gasteiger partial charge in [0.15, 0.2) is 0 Å². The highest BCUT2D eigenvalue weighted by atomic mass is 16.6. The molecule has 0 bridgehead atoms. The van der Waals surface area contributed by atoms with E-state index in [1.165, 1.54) is 0 Å². The second kappa shape index (κ2) is 4.68. The van der Waals surface area contributed by atoms with Crippen LogP contribution in [0.15, 0.2) is 0 Å². The molecule has 0 aromatic carbocycles. The molecule has 1 fully saturated rings. The van der Waals surface area contributed by atoms with Gasteiger partial charge in [-0.2, -0.15) is 0 Å². The zero-order valence-electron chi connectivity index (χ0n) is 6.19. The SMILES string of the molecule is OB(O)OCC1CNCCO1. The molecule has 1 unspecified atom stereocenters. The summed E-state index contributed by atoms with van der Waals surface area (Å²) >= 11 is 0. The Morgan fingerprint density at radius 2 is 2.45 bits per heavy atom. The fourth-order valence-electron chi connectivity index (χ4n) is 0.920. The maximum atomic E-state index is 8.34. The molecule has 1 atom stereocenters. The molecular formula is C5H12BNO4. The third-order valence-electron chi connectivity index (χ3n) is 1.44. The van der Waals surface area contributed by atoms with E-state index >= 15 is 0 Å². The van der Waals surface area contributed by atoms with Crippen LogP contribution >= 0.6 is 0 Å². The smallest absolute Gasteiger partial charge is 0.402 e. The van der Waals surface area contributed by atoms with Crippen LogP contribution < -0.4 is 5.32 Å². The van der Waals surface area contributed by atoms with E-state index in [1.54, 1.807) is 0 Å². The Bertz CT molecular complexity index is 107. The summed E-state index contributed by atoms with van der Waals surface area (Å²) in [6, 6.07) is 0. The van der Waals surface area contributed by atoms with E-state index in [1.807, 2.05) is 0 Å². The molecule has 5 nitrogen and oxygen atoms in total. The standard InChI is InChI=1S/C5H12BNO4/c8-6(9)11-4-5-3-7-1-2-10-5/h5,7-9H,1-4H2. The van der Waals surface area contributed by atoms with Crippen molar-refractivity contribution in [2.24, 2.45) is 0 Å². The van der Waals surface area contributed by atoms with E-state index in [0.29, 0.717) is 13.2 Å². The highest BCUT2D eigenvalue weighted by Crippen LogP contribution is 1.96. The van der Waals surface area contributed by atoms with Crippen LogP contribution in [-0.2, 0) is 9.39 Å². The first-order valence-electron chi connectivity index (χ1n) is 3.59. The van der Waals surface area contributed by atoms with Gasteiger partial charge in [-0.15, -0.1) is 0 Å². The van der Waals surface area contributed by atoms with Gasteiger partial charge in [0.2, 0.25) is 0 Å². The third kappa shape index (κ3) is 3.69. The number of ether oxygens (including phenoxy) is 1. The average Bonchev–Trinajstić information content (AvgIpc) is 2.03. The molecule has 0 aromatic rings. The highest BCUT2D eigenvalue weighted by Gasteiger charge is 2.16. The van der Waals surface area contributed by atoms with E-state index in [0.717, 1.165) is 6.54 Å². The Balaban J connectivity index is 2.05. The van der Waals surface area contributed by atoms with Gasteiger partial charge in [-0.25, -0.2) is 0 Å².